The van der Waals surface area contributed by atoms with Crippen LogP contribution in [0.15, 0.2) is 23.0 Å². The highest BCUT2D eigenvalue weighted by Gasteiger charge is 2.41. The molecule has 3 aliphatic rings. The number of piperidine rings is 2. The number of anilines is 1. The number of nitrogens with zero attached hydrogens (tertiary/aromatic N) is 3. The molecule has 1 aliphatic carbocycles. The number of benzene rings is 1. The molecular formula is C24H31N5O5S. The lowest BCUT2D eigenvalue weighted by Gasteiger charge is -2.44. The second-order valence-corrected chi connectivity index (χ2v) is 11.7. The number of hydrogen-bond acceptors (Lipinski definition) is 6. The standard InChI is InChI=1S/C24H31N5O5S/c1-16-25-17-6-5-7-18(21(17)23(32)29(16)19-8-9-20(30)26-22(19)31)27-35(33,34)28-14-12-24(13-15-28)10-3-2-4-11-24/h5-7,19H,2-4,8-15H2,1H3,(H2-,26,27,30,31,32,33,34). The van der Waals surface area contributed by atoms with Gasteiger partial charge in [0, 0.05) is 19.5 Å². The largest absolute Gasteiger partial charge is 0.575 e. The van der Waals surface area contributed by atoms with E-state index in [-0.39, 0.29) is 35.2 Å². The Morgan fingerprint density at radius 1 is 1.11 bits per heavy atom. The first-order valence-corrected chi connectivity index (χ1v) is 13.8. The maximum Gasteiger partial charge on any atom is 0.264 e. The molecule has 1 saturated carbocycles. The summed E-state index contributed by atoms with van der Waals surface area (Å²) >= 11 is 0. The third-order valence-electron chi connectivity index (χ3n) is 7.90. The van der Waals surface area contributed by atoms with E-state index in [1.807, 2.05) is 0 Å². The lowest BCUT2D eigenvalue weighted by Crippen LogP contribution is -2.49. The van der Waals surface area contributed by atoms with Crippen LogP contribution < -0.4 is 15.6 Å². The van der Waals surface area contributed by atoms with E-state index in [4.69, 9.17) is 0 Å². The van der Waals surface area contributed by atoms with E-state index in [1.165, 1.54) is 41.0 Å². The number of aromatic nitrogens is 2. The molecule has 0 radical (unpaired) electrons. The molecule has 1 aromatic carbocycles. The Kier molecular flexibility index (Phi) is 6.27. The fourth-order valence-electron chi connectivity index (χ4n) is 5.94. The molecule has 2 amide bonds. The van der Waals surface area contributed by atoms with Crippen LogP contribution in [0.25, 0.3) is 10.9 Å². The van der Waals surface area contributed by atoms with E-state index < -0.39 is 28.1 Å². The van der Waals surface area contributed by atoms with Gasteiger partial charge in [-0.2, -0.15) is 4.72 Å². The summed E-state index contributed by atoms with van der Waals surface area (Å²) in [6.45, 7) is 2.53. The monoisotopic (exact) mass is 501 g/mol. The quantitative estimate of drug-likeness (QED) is 0.488. The van der Waals surface area contributed by atoms with Crippen LogP contribution in [0.1, 0.15) is 69.7 Å². The maximum absolute atomic E-state index is 13.6. The Balaban J connectivity index is 1.44. The van der Waals surface area contributed by atoms with E-state index in [0.29, 0.717) is 24.4 Å². The molecule has 2 saturated heterocycles. The minimum Gasteiger partial charge on any atom is -0.575 e. The van der Waals surface area contributed by atoms with Crippen molar-refractivity contribution in [1.29, 1.82) is 0 Å². The van der Waals surface area contributed by atoms with Crippen LogP contribution in [0.4, 0.5) is 5.69 Å². The van der Waals surface area contributed by atoms with Crippen molar-refractivity contribution in [2.75, 3.05) is 17.8 Å². The van der Waals surface area contributed by atoms with Crippen molar-refractivity contribution < 1.29 is 18.4 Å². The molecule has 10 nitrogen and oxygen atoms in total. The molecular weight excluding hydrogens is 470 g/mol. The molecule has 5 rings (SSSR count). The lowest BCUT2D eigenvalue weighted by atomic mass is 9.68. The Hall–Kier alpha value is -2.63. The number of aryl methyl sites for hydroxylation is 1. The topological polar surface area (TPSA) is 136 Å². The van der Waals surface area contributed by atoms with Crippen molar-refractivity contribution in [1.82, 2.24) is 19.2 Å². The van der Waals surface area contributed by atoms with Crippen molar-refractivity contribution in [3.63, 3.8) is 0 Å². The molecule has 3 fully saturated rings. The van der Waals surface area contributed by atoms with Gasteiger partial charge < -0.3 is 4.55 Å². The number of carbonyl (C=O) groups excluding carboxylic acids is 2. The highest BCUT2D eigenvalue weighted by atomic mass is 32.3. The van der Waals surface area contributed by atoms with E-state index in [2.05, 4.69) is 15.0 Å². The van der Waals surface area contributed by atoms with Gasteiger partial charge in [-0.05, 0) is 56.6 Å². The molecule has 0 bridgehead atoms. The Labute approximate surface area is 205 Å². The van der Waals surface area contributed by atoms with E-state index in [0.717, 1.165) is 12.8 Å². The number of fused-ring (bicyclic) bond motifs is 1. The predicted octanol–water partition coefficient (Wildman–Crippen LogP) is 2.60. The highest BCUT2D eigenvalue weighted by molar-refractivity contribution is 7.96. The van der Waals surface area contributed by atoms with E-state index >= 15 is 0 Å². The second kappa shape index (κ2) is 9.11. The number of rotatable bonds is 4. The SMILES string of the molecule is Cc1nc2cccc(N[S+](=O)([O-])N3CCC4(CCCCC4)CC3)c2c(=O)n1C1CCC(=O)NC1=O. The van der Waals surface area contributed by atoms with Crippen LogP contribution in [-0.2, 0) is 24.4 Å². The summed E-state index contributed by atoms with van der Waals surface area (Å²) in [7, 11) is -3.88. The van der Waals surface area contributed by atoms with E-state index in [1.54, 1.807) is 25.1 Å². The minimum absolute atomic E-state index is 0.104. The van der Waals surface area contributed by atoms with Gasteiger partial charge in [0.1, 0.15) is 11.9 Å². The first-order chi connectivity index (χ1) is 16.7. The van der Waals surface area contributed by atoms with Crippen LogP contribution in [0.5, 0.6) is 0 Å². The van der Waals surface area contributed by atoms with Gasteiger partial charge in [-0.25, -0.2) is 4.98 Å². The Bertz CT molecular complexity index is 1280. The van der Waals surface area contributed by atoms with Crippen molar-refractivity contribution in [3.8, 4) is 0 Å². The third-order valence-corrected chi connectivity index (χ3v) is 9.43. The van der Waals surface area contributed by atoms with Gasteiger partial charge in [0.2, 0.25) is 22.4 Å². The molecule has 2 unspecified atom stereocenters. The van der Waals surface area contributed by atoms with Crippen molar-refractivity contribution in [2.45, 2.75) is 70.8 Å². The Morgan fingerprint density at radius 2 is 1.83 bits per heavy atom. The number of nitrogens with one attached hydrogen (secondary N) is 2. The number of hydrogen-bond donors (Lipinski definition) is 2. The van der Waals surface area contributed by atoms with Crippen LogP contribution in [0, 0.1) is 12.3 Å². The number of amides is 2. The molecule has 1 spiro atoms. The summed E-state index contributed by atoms with van der Waals surface area (Å²) < 4.78 is 32.0. The second-order valence-electron chi connectivity index (χ2n) is 10.1. The zero-order chi connectivity index (χ0) is 24.8. The molecule has 2 N–H and O–H groups in total. The molecule has 2 atom stereocenters. The van der Waals surface area contributed by atoms with Crippen molar-refractivity contribution in [3.05, 3.63) is 34.4 Å². The highest BCUT2D eigenvalue weighted by Crippen LogP contribution is 2.45. The molecule has 1 aromatic heterocycles. The first kappa shape index (κ1) is 24.1. The van der Waals surface area contributed by atoms with Crippen LogP contribution in [-0.4, -0.2) is 43.3 Å². The van der Waals surface area contributed by atoms with Crippen molar-refractivity contribution >= 4 is 39.0 Å². The smallest absolute Gasteiger partial charge is 0.264 e. The van der Waals surface area contributed by atoms with Gasteiger partial charge in [-0.15, -0.1) is 4.31 Å². The molecule has 3 heterocycles. The van der Waals surface area contributed by atoms with Gasteiger partial charge in [0.15, 0.2) is 0 Å². The van der Waals surface area contributed by atoms with Gasteiger partial charge in [0.05, 0.1) is 16.6 Å². The lowest BCUT2D eigenvalue weighted by molar-refractivity contribution is -0.135. The minimum atomic E-state index is -3.88. The van der Waals surface area contributed by atoms with Gasteiger partial charge >= 0.3 is 0 Å². The van der Waals surface area contributed by atoms with Crippen LogP contribution in [0.3, 0.4) is 0 Å². The molecule has 188 valence electrons. The zero-order valence-electron chi connectivity index (χ0n) is 19.9. The summed E-state index contributed by atoms with van der Waals surface area (Å²) in [6, 6.07) is 3.95. The Morgan fingerprint density at radius 3 is 2.51 bits per heavy atom. The summed E-state index contributed by atoms with van der Waals surface area (Å²) in [5.74, 6) is -0.614. The summed E-state index contributed by atoms with van der Waals surface area (Å²) in [5, 5.41) is 2.37. The van der Waals surface area contributed by atoms with E-state index in [9.17, 15) is 23.1 Å². The van der Waals surface area contributed by atoms with Crippen LogP contribution in [0.2, 0.25) is 0 Å². The van der Waals surface area contributed by atoms with Crippen LogP contribution >= 0.6 is 0 Å². The summed E-state index contributed by atoms with van der Waals surface area (Å²) in [6.07, 6.45) is 8.03. The fraction of sp³-hybridized carbons (Fsp3) is 0.583. The summed E-state index contributed by atoms with van der Waals surface area (Å²) in [5.41, 5.74) is 0.232. The molecule has 2 aromatic rings. The van der Waals surface area contributed by atoms with Gasteiger partial charge in [-0.3, -0.25) is 24.3 Å². The third kappa shape index (κ3) is 4.52. The molecule has 11 heteroatoms. The average Bonchev–Trinajstić information content (AvgIpc) is 2.81. The number of imide groups is 1. The first-order valence-electron chi connectivity index (χ1n) is 12.3. The molecule has 35 heavy (non-hydrogen) atoms. The van der Waals surface area contributed by atoms with Gasteiger partial charge in [0.25, 0.3) is 5.56 Å². The van der Waals surface area contributed by atoms with Gasteiger partial charge in [-0.1, -0.05) is 29.5 Å². The molecule has 2 aliphatic heterocycles. The number of carbonyl (C=O) groups is 2. The summed E-state index contributed by atoms with van der Waals surface area (Å²) in [4.78, 5) is 42.1. The van der Waals surface area contributed by atoms with Crippen molar-refractivity contribution in [2.24, 2.45) is 5.41 Å². The fourth-order valence-corrected chi connectivity index (χ4v) is 7.18. The average molecular weight is 502 g/mol. The predicted molar refractivity (Wildman–Crippen MR) is 131 cm³/mol. The maximum atomic E-state index is 13.6. The normalized spacial score (nSPS) is 24.8. The zero-order valence-corrected chi connectivity index (χ0v) is 20.7.